The summed E-state index contributed by atoms with van der Waals surface area (Å²) in [5.41, 5.74) is 0.999. The van der Waals surface area contributed by atoms with Gasteiger partial charge in [0.05, 0.1) is 5.52 Å². The van der Waals surface area contributed by atoms with E-state index in [2.05, 4.69) is 44.6 Å². The van der Waals surface area contributed by atoms with Gasteiger partial charge in [-0.15, -0.1) is 30.6 Å². The number of hydrogen-bond donors (Lipinski definition) is 3. The summed E-state index contributed by atoms with van der Waals surface area (Å²) in [6.45, 7) is 5.88. The summed E-state index contributed by atoms with van der Waals surface area (Å²) in [7, 11) is 1.75. The highest BCUT2D eigenvalue weighted by Crippen LogP contribution is 2.13. The number of rotatable bonds is 6. The molecule has 0 unspecified atom stereocenters. The predicted octanol–water partition coefficient (Wildman–Crippen LogP) is 2.62. The number of anilines is 1. The lowest BCUT2D eigenvalue weighted by atomic mass is 10.2. The zero-order chi connectivity index (χ0) is 14.9. The number of fused-ring (bicyclic) bond motifs is 1. The van der Waals surface area contributed by atoms with Crippen LogP contribution in [0.2, 0.25) is 0 Å². The maximum absolute atomic E-state index is 4.56. The van der Waals surface area contributed by atoms with Gasteiger partial charge in [0.1, 0.15) is 5.82 Å². The molecule has 6 heteroatoms. The number of nitrogens with zero attached hydrogens (tertiary/aromatic N) is 2. The maximum atomic E-state index is 4.56. The van der Waals surface area contributed by atoms with Crippen molar-refractivity contribution in [3.05, 3.63) is 49.1 Å². The van der Waals surface area contributed by atoms with Crippen molar-refractivity contribution in [2.24, 2.45) is 4.99 Å². The van der Waals surface area contributed by atoms with Gasteiger partial charge in [-0.3, -0.25) is 4.99 Å². The molecular weight excluding hydrogens is 389 g/mol. The largest absolute Gasteiger partial charge is 0.368 e. The quantitative estimate of drug-likeness (QED) is 0.225. The Morgan fingerprint density at radius 2 is 2.00 bits per heavy atom. The van der Waals surface area contributed by atoms with Gasteiger partial charge < -0.3 is 16.0 Å². The molecule has 1 aromatic carbocycles. The molecular formula is C16H22IN5. The number of guanidine groups is 1. The van der Waals surface area contributed by atoms with Crippen LogP contribution in [0.25, 0.3) is 10.9 Å². The van der Waals surface area contributed by atoms with Gasteiger partial charge in [0.2, 0.25) is 0 Å². The van der Waals surface area contributed by atoms with Crippen LogP contribution in [-0.2, 0) is 0 Å². The number of hydrogen-bond acceptors (Lipinski definition) is 3. The van der Waals surface area contributed by atoms with E-state index in [0.29, 0.717) is 6.54 Å². The van der Waals surface area contributed by atoms with Gasteiger partial charge in [-0.05, 0) is 18.2 Å². The van der Waals surface area contributed by atoms with Gasteiger partial charge in [0.25, 0.3) is 0 Å². The topological polar surface area (TPSA) is 61.3 Å². The Hall–Kier alpha value is -1.83. The molecule has 0 saturated heterocycles. The van der Waals surface area contributed by atoms with Gasteiger partial charge in [-0.25, -0.2) is 4.98 Å². The molecule has 0 amide bonds. The minimum Gasteiger partial charge on any atom is -0.368 e. The second-order valence-electron chi connectivity index (χ2n) is 4.48. The molecule has 0 aliphatic carbocycles. The van der Waals surface area contributed by atoms with Gasteiger partial charge in [-0.1, -0.05) is 24.3 Å². The Balaban J connectivity index is 0.00000242. The SMILES string of the molecule is C=CCNC(=NC)NCCNc1ccc2ccccc2n1.I. The first-order valence-electron chi connectivity index (χ1n) is 6.98. The summed E-state index contributed by atoms with van der Waals surface area (Å²) in [5, 5.41) is 10.8. The van der Waals surface area contributed by atoms with Gasteiger partial charge >= 0.3 is 0 Å². The molecule has 0 radical (unpaired) electrons. The van der Waals surface area contributed by atoms with Crippen LogP contribution in [0.5, 0.6) is 0 Å². The van der Waals surface area contributed by atoms with Crippen molar-refractivity contribution in [2.45, 2.75) is 0 Å². The average molecular weight is 411 g/mol. The van der Waals surface area contributed by atoms with E-state index in [9.17, 15) is 0 Å². The van der Waals surface area contributed by atoms with E-state index in [1.807, 2.05) is 24.3 Å². The Morgan fingerprint density at radius 1 is 1.18 bits per heavy atom. The van der Waals surface area contributed by atoms with Crippen molar-refractivity contribution in [1.29, 1.82) is 0 Å². The third-order valence-corrected chi connectivity index (χ3v) is 2.96. The van der Waals surface area contributed by atoms with Gasteiger partial charge in [-0.2, -0.15) is 0 Å². The minimum absolute atomic E-state index is 0. The van der Waals surface area contributed by atoms with Gasteiger partial charge in [0, 0.05) is 32.1 Å². The Labute approximate surface area is 148 Å². The monoisotopic (exact) mass is 411 g/mol. The third kappa shape index (κ3) is 5.51. The fourth-order valence-electron chi connectivity index (χ4n) is 1.93. The van der Waals surface area contributed by atoms with Crippen molar-refractivity contribution < 1.29 is 0 Å². The number of aromatic nitrogens is 1. The summed E-state index contributed by atoms with van der Waals surface area (Å²) >= 11 is 0. The summed E-state index contributed by atoms with van der Waals surface area (Å²) in [4.78, 5) is 8.68. The van der Waals surface area contributed by atoms with Crippen molar-refractivity contribution in [2.75, 3.05) is 32.0 Å². The van der Waals surface area contributed by atoms with E-state index >= 15 is 0 Å². The van der Waals surface area contributed by atoms with Crippen LogP contribution in [0.3, 0.4) is 0 Å². The second-order valence-corrected chi connectivity index (χ2v) is 4.48. The first kappa shape index (κ1) is 18.2. The molecule has 1 aromatic heterocycles. The molecule has 1 heterocycles. The zero-order valence-electron chi connectivity index (χ0n) is 12.7. The van der Waals surface area contributed by atoms with Crippen LogP contribution in [-0.4, -0.2) is 37.6 Å². The first-order chi connectivity index (χ1) is 10.3. The average Bonchev–Trinajstić information content (AvgIpc) is 2.54. The number of pyridine rings is 1. The molecule has 5 nitrogen and oxygen atoms in total. The normalized spacial score (nSPS) is 10.7. The molecule has 0 aliphatic rings. The molecule has 3 N–H and O–H groups in total. The van der Waals surface area contributed by atoms with Crippen LogP contribution in [0.1, 0.15) is 0 Å². The van der Waals surface area contributed by atoms with E-state index < -0.39 is 0 Å². The third-order valence-electron chi connectivity index (χ3n) is 2.96. The molecule has 0 atom stereocenters. The zero-order valence-corrected chi connectivity index (χ0v) is 15.0. The molecule has 0 aliphatic heterocycles. The van der Waals surface area contributed by atoms with Crippen LogP contribution in [0.4, 0.5) is 5.82 Å². The van der Waals surface area contributed by atoms with E-state index in [-0.39, 0.29) is 24.0 Å². The molecule has 0 saturated carbocycles. The summed E-state index contributed by atoms with van der Waals surface area (Å²) in [6, 6.07) is 12.2. The highest BCUT2D eigenvalue weighted by molar-refractivity contribution is 14.0. The second kappa shape index (κ2) is 9.99. The predicted molar refractivity (Wildman–Crippen MR) is 105 cm³/mol. The fraction of sp³-hybridized carbons (Fsp3) is 0.250. The highest BCUT2D eigenvalue weighted by atomic mass is 127. The molecule has 0 bridgehead atoms. The number of halogens is 1. The molecule has 22 heavy (non-hydrogen) atoms. The molecule has 2 rings (SSSR count). The van der Waals surface area contributed by atoms with Crippen molar-refractivity contribution in [3.8, 4) is 0 Å². The van der Waals surface area contributed by atoms with Crippen molar-refractivity contribution in [3.63, 3.8) is 0 Å². The van der Waals surface area contributed by atoms with E-state index in [1.165, 1.54) is 0 Å². The first-order valence-corrected chi connectivity index (χ1v) is 6.98. The Morgan fingerprint density at radius 3 is 2.77 bits per heavy atom. The molecule has 2 aromatic rings. The van der Waals surface area contributed by atoms with Crippen LogP contribution in [0, 0.1) is 0 Å². The Kier molecular flexibility index (Phi) is 8.27. The van der Waals surface area contributed by atoms with E-state index in [4.69, 9.17) is 0 Å². The number of aliphatic imine (C=N–C) groups is 1. The number of nitrogens with one attached hydrogen (secondary N) is 3. The lowest BCUT2D eigenvalue weighted by molar-refractivity contribution is 0.847. The van der Waals surface area contributed by atoms with Crippen molar-refractivity contribution >= 4 is 46.7 Å². The minimum atomic E-state index is 0. The fourth-order valence-corrected chi connectivity index (χ4v) is 1.93. The standard InChI is InChI=1S/C16H21N5.HI/c1-3-10-19-16(17-2)20-12-11-18-15-9-8-13-6-4-5-7-14(13)21-15;/h3-9H,1,10-12H2,2H3,(H,18,21)(H2,17,19,20);1H. The lowest BCUT2D eigenvalue weighted by Gasteiger charge is -2.11. The highest BCUT2D eigenvalue weighted by Gasteiger charge is 1.98. The smallest absolute Gasteiger partial charge is 0.191 e. The van der Waals surface area contributed by atoms with Crippen LogP contribution in [0.15, 0.2) is 54.0 Å². The molecule has 0 spiro atoms. The lowest BCUT2D eigenvalue weighted by Crippen LogP contribution is -2.39. The summed E-state index contributed by atoms with van der Waals surface area (Å²) in [6.07, 6.45) is 1.80. The summed E-state index contributed by atoms with van der Waals surface area (Å²) < 4.78 is 0. The van der Waals surface area contributed by atoms with Crippen molar-refractivity contribution in [1.82, 2.24) is 15.6 Å². The number of para-hydroxylation sites is 1. The maximum Gasteiger partial charge on any atom is 0.191 e. The van der Waals surface area contributed by atoms with Crippen LogP contribution < -0.4 is 16.0 Å². The van der Waals surface area contributed by atoms with E-state index in [0.717, 1.165) is 35.8 Å². The van der Waals surface area contributed by atoms with E-state index in [1.54, 1.807) is 13.1 Å². The summed E-state index contributed by atoms with van der Waals surface area (Å²) in [5.74, 6) is 1.65. The molecule has 0 fully saturated rings. The van der Waals surface area contributed by atoms with Crippen LogP contribution >= 0.6 is 24.0 Å². The Bertz CT molecular complexity index is 627. The molecule has 118 valence electrons. The number of benzene rings is 1. The van der Waals surface area contributed by atoms with Gasteiger partial charge in [0.15, 0.2) is 5.96 Å².